The van der Waals surface area contributed by atoms with Crippen LogP contribution in [0.2, 0.25) is 0 Å². The minimum atomic E-state index is -1.03. The summed E-state index contributed by atoms with van der Waals surface area (Å²) in [5.41, 5.74) is -0.311. The molecule has 1 aromatic carbocycles. The van der Waals surface area contributed by atoms with Crippen LogP contribution in [0.25, 0.3) is 0 Å². The highest BCUT2D eigenvalue weighted by atomic mass is 16.5. The van der Waals surface area contributed by atoms with Crippen LogP contribution in [0.5, 0.6) is 5.75 Å². The van der Waals surface area contributed by atoms with Gasteiger partial charge < -0.3 is 14.6 Å². The number of carboxylic acid groups (broad SMARTS) is 1. The number of benzene rings is 1. The molecule has 0 spiro atoms. The van der Waals surface area contributed by atoms with E-state index in [0.717, 1.165) is 0 Å². The number of esters is 2. The van der Waals surface area contributed by atoms with Crippen molar-refractivity contribution in [1.29, 1.82) is 0 Å². The lowest BCUT2D eigenvalue weighted by Crippen LogP contribution is -2.28. The summed E-state index contributed by atoms with van der Waals surface area (Å²) < 4.78 is 10.1. The zero-order valence-corrected chi connectivity index (χ0v) is 12.9. The Hall–Kier alpha value is -2.37. The number of carbonyl (C=O) groups is 3. The van der Waals surface area contributed by atoms with Crippen LogP contribution in [0.3, 0.4) is 0 Å². The summed E-state index contributed by atoms with van der Waals surface area (Å²) in [5, 5.41) is 8.46. The quantitative estimate of drug-likeness (QED) is 0.615. The lowest BCUT2D eigenvalue weighted by molar-refractivity contribution is -0.144. The Morgan fingerprint density at radius 1 is 1.14 bits per heavy atom. The molecule has 0 radical (unpaired) electrons. The number of aliphatic carboxylic acids is 1. The summed E-state index contributed by atoms with van der Waals surface area (Å²) in [4.78, 5) is 33.9. The van der Waals surface area contributed by atoms with Gasteiger partial charge in [-0.15, -0.1) is 0 Å². The first kappa shape index (κ1) is 17.7. The topological polar surface area (TPSA) is 89.9 Å². The molecule has 120 valence electrons. The minimum Gasteiger partial charge on any atom is -0.481 e. The van der Waals surface area contributed by atoms with Crippen LogP contribution in [0.15, 0.2) is 24.3 Å². The normalized spacial score (nSPS) is 10.9. The zero-order chi connectivity index (χ0) is 16.8. The van der Waals surface area contributed by atoms with Crippen molar-refractivity contribution >= 4 is 17.9 Å². The zero-order valence-electron chi connectivity index (χ0n) is 12.9. The van der Waals surface area contributed by atoms with E-state index in [1.807, 2.05) is 6.92 Å². The van der Waals surface area contributed by atoms with E-state index < -0.39 is 17.4 Å². The van der Waals surface area contributed by atoms with Gasteiger partial charge in [-0.25, -0.2) is 4.79 Å². The third-order valence-electron chi connectivity index (χ3n) is 3.29. The SMILES string of the molecule is CCC(C)(C)C(=O)Oc1ccc(C(=O)OCCC(=O)O)cc1. The van der Waals surface area contributed by atoms with Crippen molar-refractivity contribution in [2.75, 3.05) is 6.61 Å². The van der Waals surface area contributed by atoms with Crippen LogP contribution in [-0.2, 0) is 14.3 Å². The summed E-state index contributed by atoms with van der Waals surface area (Å²) in [6.45, 7) is 5.31. The molecule has 0 saturated carbocycles. The summed E-state index contributed by atoms with van der Waals surface area (Å²) in [7, 11) is 0. The Labute approximate surface area is 129 Å². The van der Waals surface area contributed by atoms with Crippen molar-refractivity contribution in [3.8, 4) is 5.75 Å². The van der Waals surface area contributed by atoms with E-state index in [-0.39, 0.29) is 24.6 Å². The molecule has 0 aliphatic rings. The molecule has 0 atom stereocenters. The predicted octanol–water partition coefficient (Wildman–Crippen LogP) is 2.66. The van der Waals surface area contributed by atoms with E-state index in [1.54, 1.807) is 13.8 Å². The Morgan fingerprint density at radius 2 is 1.73 bits per heavy atom. The minimum absolute atomic E-state index is 0.185. The molecule has 0 heterocycles. The van der Waals surface area contributed by atoms with E-state index in [2.05, 4.69) is 0 Å². The van der Waals surface area contributed by atoms with E-state index in [1.165, 1.54) is 24.3 Å². The highest BCUT2D eigenvalue weighted by Gasteiger charge is 2.27. The molecule has 6 heteroatoms. The number of hydrogen-bond donors (Lipinski definition) is 1. The lowest BCUT2D eigenvalue weighted by atomic mass is 9.91. The van der Waals surface area contributed by atoms with E-state index in [0.29, 0.717) is 12.2 Å². The van der Waals surface area contributed by atoms with Crippen molar-refractivity contribution in [2.24, 2.45) is 5.41 Å². The highest BCUT2D eigenvalue weighted by molar-refractivity contribution is 5.89. The van der Waals surface area contributed by atoms with Gasteiger partial charge in [-0.05, 0) is 44.5 Å². The molecule has 0 amide bonds. The number of carbonyl (C=O) groups excluding carboxylic acids is 2. The maximum atomic E-state index is 11.9. The van der Waals surface area contributed by atoms with Crippen molar-refractivity contribution in [3.63, 3.8) is 0 Å². The van der Waals surface area contributed by atoms with Crippen molar-refractivity contribution < 1.29 is 29.0 Å². The molecular weight excluding hydrogens is 288 g/mol. The maximum Gasteiger partial charge on any atom is 0.338 e. The van der Waals surface area contributed by atoms with Gasteiger partial charge in [0.05, 0.1) is 17.4 Å². The van der Waals surface area contributed by atoms with Gasteiger partial charge in [0.2, 0.25) is 0 Å². The van der Waals surface area contributed by atoms with Gasteiger partial charge in [-0.3, -0.25) is 9.59 Å². The van der Waals surface area contributed by atoms with Crippen LogP contribution < -0.4 is 4.74 Å². The van der Waals surface area contributed by atoms with Crippen molar-refractivity contribution in [1.82, 2.24) is 0 Å². The molecule has 22 heavy (non-hydrogen) atoms. The summed E-state index contributed by atoms with van der Waals surface area (Å²) in [5.74, 6) is -1.65. The molecule has 0 aliphatic carbocycles. The second-order valence-electron chi connectivity index (χ2n) is 5.43. The van der Waals surface area contributed by atoms with Crippen molar-refractivity contribution in [3.05, 3.63) is 29.8 Å². The van der Waals surface area contributed by atoms with Crippen LogP contribution >= 0.6 is 0 Å². The monoisotopic (exact) mass is 308 g/mol. The number of hydrogen-bond acceptors (Lipinski definition) is 5. The predicted molar refractivity (Wildman–Crippen MR) is 78.7 cm³/mol. The second kappa shape index (κ2) is 7.59. The van der Waals surface area contributed by atoms with Gasteiger partial charge in [-0.2, -0.15) is 0 Å². The molecule has 0 aromatic heterocycles. The maximum absolute atomic E-state index is 11.9. The summed E-state index contributed by atoms with van der Waals surface area (Å²) >= 11 is 0. The molecule has 0 aliphatic heterocycles. The molecule has 1 N–H and O–H groups in total. The smallest absolute Gasteiger partial charge is 0.338 e. The fourth-order valence-electron chi connectivity index (χ4n) is 1.36. The highest BCUT2D eigenvalue weighted by Crippen LogP contribution is 2.23. The van der Waals surface area contributed by atoms with Crippen LogP contribution in [0.1, 0.15) is 44.0 Å². The third kappa shape index (κ3) is 5.20. The Balaban J connectivity index is 2.61. The van der Waals surface area contributed by atoms with E-state index in [9.17, 15) is 14.4 Å². The van der Waals surface area contributed by atoms with E-state index in [4.69, 9.17) is 14.6 Å². The Bertz CT molecular complexity index is 544. The van der Waals surface area contributed by atoms with Gasteiger partial charge in [0.25, 0.3) is 0 Å². The summed E-state index contributed by atoms with van der Waals surface area (Å²) in [6, 6.07) is 5.92. The number of carboxylic acids is 1. The molecule has 6 nitrogen and oxygen atoms in total. The van der Waals surface area contributed by atoms with Crippen LogP contribution in [0.4, 0.5) is 0 Å². The third-order valence-corrected chi connectivity index (χ3v) is 3.29. The second-order valence-corrected chi connectivity index (χ2v) is 5.43. The number of ether oxygens (including phenoxy) is 2. The van der Waals surface area contributed by atoms with Gasteiger partial charge in [0.1, 0.15) is 12.4 Å². The first-order chi connectivity index (χ1) is 10.3. The Morgan fingerprint density at radius 3 is 2.23 bits per heavy atom. The van der Waals surface area contributed by atoms with Gasteiger partial charge in [-0.1, -0.05) is 6.92 Å². The fraction of sp³-hybridized carbons (Fsp3) is 0.438. The van der Waals surface area contributed by atoms with E-state index >= 15 is 0 Å². The first-order valence-corrected chi connectivity index (χ1v) is 6.97. The molecular formula is C16H20O6. The molecule has 0 fully saturated rings. The van der Waals surface area contributed by atoms with Gasteiger partial charge in [0.15, 0.2) is 0 Å². The molecule has 1 rings (SSSR count). The standard InChI is InChI=1S/C16H20O6/c1-4-16(2,3)15(20)22-12-7-5-11(6-8-12)14(19)21-10-9-13(17)18/h5-8H,4,9-10H2,1-3H3,(H,17,18). The summed E-state index contributed by atoms with van der Waals surface area (Å²) in [6.07, 6.45) is 0.410. The molecule has 0 saturated heterocycles. The Kier molecular flexibility index (Phi) is 6.10. The van der Waals surface area contributed by atoms with Gasteiger partial charge >= 0.3 is 17.9 Å². The fourth-order valence-corrected chi connectivity index (χ4v) is 1.36. The van der Waals surface area contributed by atoms with Crippen LogP contribution in [0, 0.1) is 5.41 Å². The van der Waals surface area contributed by atoms with Crippen molar-refractivity contribution in [2.45, 2.75) is 33.6 Å². The molecule has 0 unspecified atom stereocenters. The first-order valence-electron chi connectivity index (χ1n) is 6.97. The molecule has 0 bridgehead atoms. The van der Waals surface area contributed by atoms with Crippen LogP contribution in [-0.4, -0.2) is 29.6 Å². The average Bonchev–Trinajstić information content (AvgIpc) is 2.47. The van der Waals surface area contributed by atoms with Gasteiger partial charge in [0, 0.05) is 0 Å². The largest absolute Gasteiger partial charge is 0.481 e. The number of rotatable bonds is 7. The lowest BCUT2D eigenvalue weighted by Gasteiger charge is -2.20. The average molecular weight is 308 g/mol. The molecule has 1 aromatic rings.